The number of methoxy groups -OCH3 is 1. The summed E-state index contributed by atoms with van der Waals surface area (Å²) < 4.78 is 12.8. The largest absolute Gasteiger partial charge is 0.497 e. The number of halogens is 1. The summed E-state index contributed by atoms with van der Waals surface area (Å²) in [6, 6.07) is 14.2. The standard InChI is InChI=1S/C23H26BrNO3/c1-27-20-10-11-21(22(13-20)28-19-4-2-3-5-19)17-12-23(26)25(15-17)14-16-6-8-18(24)9-7-16/h6-11,13,17,19H,2-5,12,14-15H2,1H3. The van der Waals surface area contributed by atoms with Gasteiger partial charge in [0.1, 0.15) is 11.5 Å². The molecule has 1 unspecified atom stereocenters. The highest BCUT2D eigenvalue weighted by Crippen LogP contribution is 2.38. The predicted molar refractivity (Wildman–Crippen MR) is 113 cm³/mol. The average Bonchev–Trinajstić information content (AvgIpc) is 3.33. The van der Waals surface area contributed by atoms with Gasteiger partial charge < -0.3 is 14.4 Å². The monoisotopic (exact) mass is 443 g/mol. The smallest absolute Gasteiger partial charge is 0.223 e. The number of nitrogens with zero attached hydrogens (tertiary/aromatic N) is 1. The second-order valence-electron chi connectivity index (χ2n) is 7.73. The first-order valence-corrected chi connectivity index (χ1v) is 10.8. The second-order valence-corrected chi connectivity index (χ2v) is 8.65. The first kappa shape index (κ1) is 19.3. The van der Waals surface area contributed by atoms with Crippen LogP contribution in [0.2, 0.25) is 0 Å². The van der Waals surface area contributed by atoms with Crippen LogP contribution in [0.5, 0.6) is 11.5 Å². The van der Waals surface area contributed by atoms with Crippen LogP contribution in [0.25, 0.3) is 0 Å². The van der Waals surface area contributed by atoms with Crippen LogP contribution in [-0.4, -0.2) is 30.6 Å². The molecule has 1 atom stereocenters. The second kappa shape index (κ2) is 8.56. The van der Waals surface area contributed by atoms with Crippen molar-refractivity contribution in [3.8, 4) is 11.5 Å². The number of hydrogen-bond donors (Lipinski definition) is 0. The summed E-state index contributed by atoms with van der Waals surface area (Å²) in [6.07, 6.45) is 5.48. The molecule has 2 fully saturated rings. The van der Waals surface area contributed by atoms with Crippen molar-refractivity contribution in [1.29, 1.82) is 0 Å². The Morgan fingerprint density at radius 2 is 1.86 bits per heavy atom. The van der Waals surface area contributed by atoms with Crippen LogP contribution in [0.1, 0.15) is 49.1 Å². The van der Waals surface area contributed by atoms with Crippen molar-refractivity contribution in [2.45, 2.75) is 50.7 Å². The van der Waals surface area contributed by atoms with Gasteiger partial charge in [-0.25, -0.2) is 0 Å². The Balaban J connectivity index is 1.51. The molecule has 2 aromatic carbocycles. The fraction of sp³-hybridized carbons (Fsp3) is 0.435. The van der Waals surface area contributed by atoms with E-state index in [0.29, 0.717) is 13.0 Å². The molecule has 1 aliphatic carbocycles. The number of rotatable bonds is 6. The third-order valence-corrected chi connectivity index (χ3v) is 6.29. The van der Waals surface area contributed by atoms with E-state index in [4.69, 9.17) is 9.47 Å². The lowest BCUT2D eigenvalue weighted by Gasteiger charge is -2.21. The van der Waals surface area contributed by atoms with Gasteiger partial charge in [-0.05, 0) is 55.0 Å². The normalized spacial score (nSPS) is 20.0. The molecule has 1 aliphatic heterocycles. The lowest BCUT2D eigenvalue weighted by atomic mass is 9.97. The van der Waals surface area contributed by atoms with Gasteiger partial charge in [0.15, 0.2) is 0 Å². The summed E-state index contributed by atoms with van der Waals surface area (Å²) in [7, 11) is 1.67. The van der Waals surface area contributed by atoms with Gasteiger partial charge >= 0.3 is 0 Å². The molecular weight excluding hydrogens is 418 g/mol. The average molecular weight is 444 g/mol. The van der Waals surface area contributed by atoms with Crippen LogP contribution < -0.4 is 9.47 Å². The van der Waals surface area contributed by atoms with Crippen molar-refractivity contribution >= 4 is 21.8 Å². The van der Waals surface area contributed by atoms with E-state index in [2.05, 4.69) is 34.1 Å². The summed E-state index contributed by atoms with van der Waals surface area (Å²) in [5.41, 5.74) is 2.27. The lowest BCUT2D eigenvalue weighted by molar-refractivity contribution is -0.128. The van der Waals surface area contributed by atoms with E-state index in [9.17, 15) is 4.79 Å². The maximum atomic E-state index is 12.7. The zero-order valence-electron chi connectivity index (χ0n) is 16.2. The van der Waals surface area contributed by atoms with E-state index in [-0.39, 0.29) is 17.9 Å². The zero-order chi connectivity index (χ0) is 19.5. The maximum absolute atomic E-state index is 12.7. The summed E-state index contributed by atoms with van der Waals surface area (Å²) in [5, 5.41) is 0. The van der Waals surface area contributed by atoms with E-state index < -0.39 is 0 Å². The van der Waals surface area contributed by atoms with Crippen molar-refractivity contribution in [2.24, 2.45) is 0 Å². The SMILES string of the molecule is COc1ccc(C2CC(=O)N(Cc3ccc(Br)cc3)C2)c(OC2CCCC2)c1. The molecule has 0 spiro atoms. The molecule has 148 valence electrons. The van der Waals surface area contributed by atoms with E-state index in [0.717, 1.165) is 46.5 Å². The Bertz CT molecular complexity index is 830. The number of benzene rings is 2. The molecule has 4 rings (SSSR count). The molecular formula is C23H26BrNO3. The molecule has 2 aromatic rings. The van der Waals surface area contributed by atoms with Crippen molar-refractivity contribution in [2.75, 3.05) is 13.7 Å². The molecule has 1 amide bonds. The first-order valence-electron chi connectivity index (χ1n) is 9.99. The van der Waals surface area contributed by atoms with E-state index in [1.807, 2.05) is 29.2 Å². The number of hydrogen-bond acceptors (Lipinski definition) is 3. The quantitative estimate of drug-likeness (QED) is 0.608. The number of amides is 1. The molecule has 1 heterocycles. The van der Waals surface area contributed by atoms with Crippen molar-refractivity contribution in [1.82, 2.24) is 4.90 Å². The molecule has 5 heteroatoms. The van der Waals surface area contributed by atoms with E-state index in [1.165, 1.54) is 12.8 Å². The van der Waals surface area contributed by atoms with Crippen molar-refractivity contribution in [3.63, 3.8) is 0 Å². The third kappa shape index (κ3) is 4.35. The third-order valence-electron chi connectivity index (χ3n) is 5.76. The predicted octanol–water partition coefficient (Wildman–Crippen LogP) is 5.30. The minimum absolute atomic E-state index is 0.158. The lowest BCUT2D eigenvalue weighted by Crippen LogP contribution is -2.24. The zero-order valence-corrected chi connectivity index (χ0v) is 17.8. The number of carbonyl (C=O) groups is 1. The first-order chi connectivity index (χ1) is 13.6. The van der Waals surface area contributed by atoms with Crippen molar-refractivity contribution < 1.29 is 14.3 Å². The fourth-order valence-electron chi connectivity index (χ4n) is 4.21. The van der Waals surface area contributed by atoms with E-state index in [1.54, 1.807) is 7.11 Å². The Morgan fingerprint density at radius 1 is 1.11 bits per heavy atom. The minimum Gasteiger partial charge on any atom is -0.497 e. The molecule has 0 N–H and O–H groups in total. The van der Waals surface area contributed by atoms with Crippen molar-refractivity contribution in [3.05, 3.63) is 58.1 Å². The van der Waals surface area contributed by atoms with Crippen LogP contribution in [0.4, 0.5) is 0 Å². The minimum atomic E-state index is 0.158. The topological polar surface area (TPSA) is 38.8 Å². The molecule has 4 nitrogen and oxygen atoms in total. The summed E-state index contributed by atoms with van der Waals surface area (Å²) >= 11 is 3.46. The van der Waals surface area contributed by atoms with Crippen LogP contribution >= 0.6 is 15.9 Å². The van der Waals surface area contributed by atoms with Crippen LogP contribution in [0.3, 0.4) is 0 Å². The van der Waals surface area contributed by atoms with Gasteiger partial charge in [0.05, 0.1) is 13.2 Å². The van der Waals surface area contributed by atoms with Gasteiger partial charge in [-0.15, -0.1) is 0 Å². The molecule has 0 aromatic heterocycles. The Kier molecular flexibility index (Phi) is 5.90. The Labute approximate surface area is 175 Å². The van der Waals surface area contributed by atoms with Gasteiger partial charge in [0, 0.05) is 36.0 Å². The highest BCUT2D eigenvalue weighted by atomic mass is 79.9. The van der Waals surface area contributed by atoms with Gasteiger partial charge in [0.2, 0.25) is 5.91 Å². The highest BCUT2D eigenvalue weighted by molar-refractivity contribution is 9.10. The van der Waals surface area contributed by atoms with Gasteiger partial charge in [-0.3, -0.25) is 4.79 Å². The van der Waals surface area contributed by atoms with Crippen LogP contribution in [-0.2, 0) is 11.3 Å². The molecule has 0 radical (unpaired) electrons. The summed E-state index contributed by atoms with van der Waals surface area (Å²) in [4.78, 5) is 14.6. The Morgan fingerprint density at radius 3 is 2.57 bits per heavy atom. The fourth-order valence-corrected chi connectivity index (χ4v) is 4.47. The molecule has 2 aliphatic rings. The van der Waals surface area contributed by atoms with E-state index >= 15 is 0 Å². The highest BCUT2D eigenvalue weighted by Gasteiger charge is 2.33. The molecule has 0 bridgehead atoms. The maximum Gasteiger partial charge on any atom is 0.223 e. The van der Waals surface area contributed by atoms with Crippen LogP contribution in [0.15, 0.2) is 46.9 Å². The van der Waals surface area contributed by atoms with Crippen LogP contribution in [0, 0.1) is 0 Å². The molecule has 1 saturated carbocycles. The number of carbonyl (C=O) groups excluding carboxylic acids is 1. The number of likely N-dealkylation sites (tertiary alicyclic amines) is 1. The molecule has 1 saturated heterocycles. The molecule has 28 heavy (non-hydrogen) atoms. The Hall–Kier alpha value is -2.01. The van der Waals surface area contributed by atoms with Gasteiger partial charge in [-0.1, -0.05) is 34.1 Å². The summed E-state index contributed by atoms with van der Waals surface area (Å²) in [5.74, 6) is 2.04. The van der Waals surface area contributed by atoms with Gasteiger partial charge in [0.25, 0.3) is 0 Å². The van der Waals surface area contributed by atoms with Gasteiger partial charge in [-0.2, -0.15) is 0 Å². The summed E-state index contributed by atoms with van der Waals surface area (Å²) in [6.45, 7) is 1.37. The number of ether oxygens (including phenoxy) is 2.